The summed E-state index contributed by atoms with van der Waals surface area (Å²) in [6.45, 7) is 3.83. The monoisotopic (exact) mass is 477 g/mol. The molecule has 1 aliphatic heterocycles. The summed E-state index contributed by atoms with van der Waals surface area (Å²) >= 11 is 3.42. The van der Waals surface area contributed by atoms with E-state index in [9.17, 15) is 14.0 Å². The van der Waals surface area contributed by atoms with Crippen LogP contribution < -0.4 is 10.3 Å². The highest BCUT2D eigenvalue weighted by Crippen LogP contribution is 2.42. The van der Waals surface area contributed by atoms with Crippen LogP contribution in [0.2, 0.25) is 0 Å². The lowest BCUT2D eigenvalue weighted by Gasteiger charge is -2.25. The molecule has 4 nitrogen and oxygen atoms in total. The first-order valence-electron chi connectivity index (χ1n) is 9.78. The summed E-state index contributed by atoms with van der Waals surface area (Å²) in [4.78, 5) is 28.5. The maximum Gasteiger partial charge on any atom is 0.295 e. The van der Waals surface area contributed by atoms with E-state index in [4.69, 9.17) is 4.42 Å². The van der Waals surface area contributed by atoms with Crippen molar-refractivity contribution in [3.05, 3.63) is 109 Å². The van der Waals surface area contributed by atoms with Crippen LogP contribution in [-0.4, -0.2) is 5.91 Å². The van der Waals surface area contributed by atoms with Gasteiger partial charge in [-0.1, -0.05) is 40.2 Å². The minimum atomic E-state index is -0.930. The van der Waals surface area contributed by atoms with Crippen LogP contribution in [-0.2, 0) is 0 Å². The number of hydrogen-bond donors (Lipinski definition) is 0. The number of anilines is 1. The van der Waals surface area contributed by atoms with E-state index in [2.05, 4.69) is 15.9 Å². The fourth-order valence-corrected chi connectivity index (χ4v) is 4.50. The third kappa shape index (κ3) is 3.01. The minimum Gasteiger partial charge on any atom is -0.450 e. The second-order valence-electron chi connectivity index (χ2n) is 7.69. The van der Waals surface area contributed by atoms with Crippen LogP contribution in [0.5, 0.6) is 0 Å². The van der Waals surface area contributed by atoms with Crippen molar-refractivity contribution < 1.29 is 13.6 Å². The zero-order valence-corrected chi connectivity index (χ0v) is 18.4. The lowest BCUT2D eigenvalue weighted by Crippen LogP contribution is -2.30. The molecule has 0 radical (unpaired) electrons. The molecule has 0 saturated heterocycles. The fraction of sp³-hybridized carbons (Fsp3) is 0.120. The molecular formula is C25H17BrFNO3. The number of aryl methyl sites for hydroxylation is 2. The van der Waals surface area contributed by atoms with Gasteiger partial charge in [-0.25, -0.2) is 4.39 Å². The lowest BCUT2D eigenvalue weighted by atomic mass is 9.97. The van der Waals surface area contributed by atoms with Crippen LogP contribution in [0.15, 0.2) is 74.3 Å². The summed E-state index contributed by atoms with van der Waals surface area (Å²) in [6, 6.07) is 15.9. The summed E-state index contributed by atoms with van der Waals surface area (Å²) in [5, 5.41) is 0.382. The maximum atomic E-state index is 14.9. The molecule has 0 aliphatic carbocycles. The molecule has 1 aromatic heterocycles. The van der Waals surface area contributed by atoms with Crippen molar-refractivity contribution in [1.82, 2.24) is 0 Å². The van der Waals surface area contributed by atoms with Gasteiger partial charge in [0.15, 0.2) is 5.43 Å². The van der Waals surface area contributed by atoms with E-state index in [0.717, 1.165) is 15.6 Å². The van der Waals surface area contributed by atoms with Crippen LogP contribution in [0, 0.1) is 19.7 Å². The third-order valence-electron chi connectivity index (χ3n) is 5.77. The first-order chi connectivity index (χ1) is 14.9. The molecule has 2 heterocycles. The van der Waals surface area contributed by atoms with Crippen LogP contribution >= 0.6 is 15.9 Å². The predicted molar refractivity (Wildman–Crippen MR) is 121 cm³/mol. The van der Waals surface area contributed by atoms with Gasteiger partial charge < -0.3 is 4.42 Å². The Balaban J connectivity index is 1.86. The van der Waals surface area contributed by atoms with Crippen molar-refractivity contribution in [2.75, 3.05) is 4.90 Å². The Hall–Kier alpha value is -3.25. The molecule has 0 spiro atoms. The van der Waals surface area contributed by atoms with Gasteiger partial charge in [0.05, 0.1) is 17.0 Å². The molecule has 0 bridgehead atoms. The van der Waals surface area contributed by atoms with Gasteiger partial charge in [-0.05, 0) is 61.4 Å². The molecule has 1 aliphatic rings. The second kappa shape index (κ2) is 7.17. The van der Waals surface area contributed by atoms with Gasteiger partial charge in [-0.15, -0.1) is 0 Å². The predicted octanol–water partition coefficient (Wildman–Crippen LogP) is 6.06. The van der Waals surface area contributed by atoms with E-state index in [-0.39, 0.29) is 22.3 Å². The topological polar surface area (TPSA) is 50.5 Å². The van der Waals surface area contributed by atoms with Crippen molar-refractivity contribution in [3.63, 3.8) is 0 Å². The molecule has 154 valence electrons. The third-order valence-corrected chi connectivity index (χ3v) is 6.27. The van der Waals surface area contributed by atoms with Crippen LogP contribution in [0.4, 0.5) is 10.1 Å². The Morgan fingerprint density at radius 2 is 1.71 bits per heavy atom. The largest absolute Gasteiger partial charge is 0.450 e. The first kappa shape index (κ1) is 19.7. The number of fused-ring (bicyclic) bond motifs is 2. The van der Waals surface area contributed by atoms with Crippen LogP contribution in [0.3, 0.4) is 0 Å². The summed E-state index contributed by atoms with van der Waals surface area (Å²) in [5.74, 6) is -1.01. The Morgan fingerprint density at radius 3 is 2.45 bits per heavy atom. The van der Waals surface area contributed by atoms with Gasteiger partial charge >= 0.3 is 0 Å². The standard InChI is InChI=1S/C25H17BrFNO3/c1-13-10-18-20(11-14(13)2)31-24-21(23(18)29)22(17-8-3-4-9-19(17)27)28(25(24)30)16-7-5-6-15(26)12-16/h3-12,22H,1-2H3. The molecule has 0 saturated carbocycles. The average molecular weight is 478 g/mol. The highest BCUT2D eigenvalue weighted by Gasteiger charge is 2.44. The van der Waals surface area contributed by atoms with Crippen molar-refractivity contribution in [2.45, 2.75) is 19.9 Å². The van der Waals surface area contributed by atoms with Crippen LogP contribution in [0.1, 0.15) is 38.9 Å². The molecule has 0 N–H and O–H groups in total. The van der Waals surface area contributed by atoms with Crippen LogP contribution in [0.25, 0.3) is 11.0 Å². The normalized spacial score (nSPS) is 15.5. The van der Waals surface area contributed by atoms with Crippen molar-refractivity contribution in [3.8, 4) is 0 Å². The number of halogens is 2. The van der Waals surface area contributed by atoms with E-state index in [1.165, 1.54) is 11.0 Å². The number of hydrogen-bond acceptors (Lipinski definition) is 3. The fourth-order valence-electron chi connectivity index (χ4n) is 4.11. The van der Waals surface area contributed by atoms with Crippen molar-refractivity contribution in [1.29, 1.82) is 0 Å². The van der Waals surface area contributed by atoms with Gasteiger partial charge in [-0.2, -0.15) is 0 Å². The molecule has 5 rings (SSSR count). The molecule has 31 heavy (non-hydrogen) atoms. The summed E-state index contributed by atoms with van der Waals surface area (Å²) in [5.41, 5.74) is 2.86. The zero-order chi connectivity index (χ0) is 21.9. The van der Waals surface area contributed by atoms with E-state index in [1.54, 1.807) is 48.5 Å². The SMILES string of the molecule is Cc1cc2oc3c(c(=O)c2cc1C)C(c1ccccc1F)N(c1cccc(Br)c1)C3=O. The lowest BCUT2D eigenvalue weighted by molar-refractivity contribution is 0.0971. The van der Waals surface area contributed by atoms with Gasteiger partial charge in [-0.3, -0.25) is 14.5 Å². The molecule has 1 unspecified atom stereocenters. The van der Waals surface area contributed by atoms with Gasteiger partial charge in [0.2, 0.25) is 5.76 Å². The highest BCUT2D eigenvalue weighted by molar-refractivity contribution is 9.10. The smallest absolute Gasteiger partial charge is 0.295 e. The van der Waals surface area contributed by atoms with Gasteiger partial charge in [0.25, 0.3) is 5.91 Å². The van der Waals surface area contributed by atoms with E-state index in [0.29, 0.717) is 16.7 Å². The van der Waals surface area contributed by atoms with Gasteiger partial charge in [0, 0.05) is 15.7 Å². The van der Waals surface area contributed by atoms with E-state index in [1.807, 2.05) is 19.9 Å². The van der Waals surface area contributed by atoms with Crippen molar-refractivity contribution in [2.24, 2.45) is 0 Å². The minimum absolute atomic E-state index is 0.0472. The van der Waals surface area contributed by atoms with E-state index >= 15 is 0 Å². The number of rotatable bonds is 2. The summed E-state index contributed by atoms with van der Waals surface area (Å²) in [7, 11) is 0. The molecular weight excluding hydrogens is 461 g/mol. The second-order valence-corrected chi connectivity index (χ2v) is 8.60. The Labute approximate surface area is 186 Å². The number of amides is 1. The Kier molecular flexibility index (Phi) is 4.55. The number of benzene rings is 3. The van der Waals surface area contributed by atoms with Gasteiger partial charge in [0.1, 0.15) is 11.4 Å². The molecule has 0 fully saturated rings. The molecule has 3 aromatic carbocycles. The first-order valence-corrected chi connectivity index (χ1v) is 10.6. The number of carbonyl (C=O) groups is 1. The zero-order valence-electron chi connectivity index (χ0n) is 16.8. The quantitative estimate of drug-likeness (QED) is 0.352. The number of nitrogens with zero attached hydrogens (tertiary/aromatic N) is 1. The Bertz CT molecular complexity index is 1440. The Morgan fingerprint density at radius 1 is 0.968 bits per heavy atom. The molecule has 1 atom stereocenters. The molecule has 4 aromatic rings. The van der Waals surface area contributed by atoms with E-state index < -0.39 is 17.8 Å². The number of carbonyl (C=O) groups excluding carboxylic acids is 1. The molecule has 6 heteroatoms. The summed E-state index contributed by atoms with van der Waals surface area (Å²) < 4.78 is 21.7. The summed E-state index contributed by atoms with van der Waals surface area (Å²) in [6.07, 6.45) is 0. The van der Waals surface area contributed by atoms with Crippen molar-refractivity contribution >= 4 is 38.5 Å². The highest BCUT2D eigenvalue weighted by atomic mass is 79.9. The molecule has 1 amide bonds. The average Bonchev–Trinajstić information content (AvgIpc) is 3.02. The maximum absolute atomic E-state index is 14.9.